The molecule has 0 amide bonds. The summed E-state index contributed by atoms with van der Waals surface area (Å²) < 4.78 is 6.95. The standard InChI is InChI=1S/C21H36O2SSi/c1-7-21(8-2,23-25(9-3,10-4)11-5)16-12-13-18(6)20-15-14-19(17-22)24-20/h13-15,17H,7-12,16H2,1-6H3/b18-13-. The highest BCUT2D eigenvalue weighted by Gasteiger charge is 2.38. The Morgan fingerprint density at radius 2 is 1.72 bits per heavy atom. The summed E-state index contributed by atoms with van der Waals surface area (Å²) in [5.74, 6) is 0. The molecule has 0 aliphatic carbocycles. The second-order valence-electron chi connectivity index (χ2n) is 6.98. The zero-order valence-corrected chi connectivity index (χ0v) is 18.8. The molecule has 4 heteroatoms. The van der Waals surface area contributed by atoms with Crippen LogP contribution >= 0.6 is 11.3 Å². The fraction of sp³-hybridized carbons (Fsp3) is 0.667. The molecule has 0 unspecified atom stereocenters. The van der Waals surface area contributed by atoms with E-state index in [4.69, 9.17) is 4.43 Å². The van der Waals surface area contributed by atoms with Gasteiger partial charge < -0.3 is 4.43 Å². The van der Waals surface area contributed by atoms with Gasteiger partial charge in [-0.1, -0.05) is 40.7 Å². The Balaban J connectivity index is 2.83. The van der Waals surface area contributed by atoms with E-state index in [9.17, 15) is 4.79 Å². The van der Waals surface area contributed by atoms with E-state index in [2.05, 4.69) is 47.6 Å². The van der Waals surface area contributed by atoms with Crippen molar-refractivity contribution in [3.8, 4) is 0 Å². The minimum absolute atomic E-state index is 0.0223. The van der Waals surface area contributed by atoms with E-state index in [1.807, 2.05) is 12.1 Å². The molecule has 0 aromatic carbocycles. The number of hydrogen-bond donors (Lipinski definition) is 0. The van der Waals surface area contributed by atoms with Gasteiger partial charge in [0.05, 0.1) is 10.5 Å². The molecule has 1 aromatic rings. The minimum atomic E-state index is -1.59. The van der Waals surface area contributed by atoms with E-state index < -0.39 is 8.32 Å². The van der Waals surface area contributed by atoms with E-state index in [-0.39, 0.29) is 5.60 Å². The Labute approximate surface area is 159 Å². The third kappa shape index (κ3) is 5.90. The third-order valence-electron chi connectivity index (χ3n) is 5.84. The molecular weight excluding hydrogens is 344 g/mol. The van der Waals surface area contributed by atoms with Gasteiger partial charge in [-0.25, -0.2) is 0 Å². The lowest BCUT2D eigenvalue weighted by Crippen LogP contribution is -2.46. The highest BCUT2D eigenvalue weighted by Crippen LogP contribution is 2.35. The molecule has 0 saturated carbocycles. The molecule has 2 nitrogen and oxygen atoms in total. The molecule has 1 rings (SSSR count). The number of carbonyl (C=O) groups is 1. The molecular formula is C21H36O2SSi. The van der Waals surface area contributed by atoms with E-state index in [1.54, 1.807) is 11.3 Å². The first-order valence-electron chi connectivity index (χ1n) is 9.86. The molecule has 0 atom stereocenters. The lowest BCUT2D eigenvalue weighted by molar-refractivity contribution is 0.0397. The van der Waals surface area contributed by atoms with Crippen molar-refractivity contribution in [2.45, 2.75) is 91.0 Å². The van der Waals surface area contributed by atoms with Crippen molar-refractivity contribution in [1.82, 2.24) is 0 Å². The van der Waals surface area contributed by atoms with Gasteiger partial charge in [-0.15, -0.1) is 11.3 Å². The first-order valence-corrected chi connectivity index (χ1v) is 13.2. The van der Waals surface area contributed by atoms with Gasteiger partial charge in [-0.05, 0) is 68.4 Å². The van der Waals surface area contributed by atoms with Crippen molar-refractivity contribution in [2.24, 2.45) is 0 Å². The van der Waals surface area contributed by atoms with Crippen LogP contribution in [0.1, 0.15) is 81.8 Å². The number of hydrogen-bond acceptors (Lipinski definition) is 3. The van der Waals surface area contributed by atoms with Crippen molar-refractivity contribution in [3.63, 3.8) is 0 Å². The summed E-state index contributed by atoms with van der Waals surface area (Å²) in [5.41, 5.74) is 1.29. The van der Waals surface area contributed by atoms with Gasteiger partial charge >= 0.3 is 0 Å². The van der Waals surface area contributed by atoms with Crippen LogP contribution < -0.4 is 0 Å². The van der Waals surface area contributed by atoms with Gasteiger partial charge in [0.2, 0.25) is 0 Å². The highest BCUT2D eigenvalue weighted by molar-refractivity contribution is 7.14. The SMILES string of the molecule is CCC(CC)(CC/C=C(/C)c1ccc(C=O)s1)O[Si](CC)(CC)CC. The van der Waals surface area contributed by atoms with Crippen LogP contribution in [0, 0.1) is 0 Å². The predicted octanol–water partition coefficient (Wildman–Crippen LogP) is 7.32. The van der Waals surface area contributed by atoms with Crippen LogP contribution in [-0.2, 0) is 4.43 Å². The molecule has 0 saturated heterocycles. The fourth-order valence-electron chi connectivity index (χ4n) is 3.51. The Bertz CT molecular complexity index is 546. The predicted molar refractivity (Wildman–Crippen MR) is 114 cm³/mol. The van der Waals surface area contributed by atoms with E-state index in [0.717, 1.165) is 36.8 Å². The number of rotatable bonds is 12. The molecule has 25 heavy (non-hydrogen) atoms. The summed E-state index contributed by atoms with van der Waals surface area (Å²) in [6.07, 6.45) is 7.52. The first-order chi connectivity index (χ1) is 11.9. The highest BCUT2D eigenvalue weighted by atomic mass is 32.1. The summed E-state index contributed by atoms with van der Waals surface area (Å²) in [5, 5.41) is 0. The van der Waals surface area contributed by atoms with Crippen LogP contribution in [0.4, 0.5) is 0 Å². The molecule has 0 radical (unpaired) electrons. The topological polar surface area (TPSA) is 26.3 Å². The summed E-state index contributed by atoms with van der Waals surface area (Å²) in [4.78, 5) is 12.9. The monoisotopic (exact) mass is 380 g/mol. The van der Waals surface area contributed by atoms with Gasteiger partial charge in [0.1, 0.15) is 0 Å². The Kier molecular flexibility index (Phi) is 9.32. The molecule has 1 heterocycles. The van der Waals surface area contributed by atoms with Crippen LogP contribution in [0.15, 0.2) is 18.2 Å². The normalized spacial score (nSPS) is 13.3. The molecule has 142 valence electrons. The van der Waals surface area contributed by atoms with Crippen molar-refractivity contribution in [3.05, 3.63) is 28.0 Å². The average Bonchev–Trinajstić information content (AvgIpc) is 3.14. The van der Waals surface area contributed by atoms with E-state index >= 15 is 0 Å². The number of aldehydes is 1. The summed E-state index contributed by atoms with van der Waals surface area (Å²) >= 11 is 1.57. The smallest absolute Gasteiger partial charge is 0.192 e. The zero-order valence-electron chi connectivity index (χ0n) is 17.0. The second-order valence-corrected chi connectivity index (χ2v) is 12.8. The number of allylic oxidation sites excluding steroid dienone is 2. The van der Waals surface area contributed by atoms with E-state index in [1.165, 1.54) is 28.6 Å². The molecule has 0 spiro atoms. The Morgan fingerprint density at radius 3 is 2.16 bits per heavy atom. The first kappa shape index (κ1) is 22.3. The third-order valence-corrected chi connectivity index (χ3v) is 11.7. The average molecular weight is 381 g/mol. The molecule has 0 bridgehead atoms. The number of carbonyl (C=O) groups excluding carboxylic acids is 1. The molecule has 0 fully saturated rings. The fourth-order valence-corrected chi connectivity index (χ4v) is 7.57. The van der Waals surface area contributed by atoms with Crippen LogP contribution in [0.3, 0.4) is 0 Å². The van der Waals surface area contributed by atoms with Gasteiger partial charge in [0, 0.05) is 4.88 Å². The maximum absolute atomic E-state index is 10.9. The minimum Gasteiger partial charge on any atom is -0.411 e. The second kappa shape index (κ2) is 10.4. The lowest BCUT2D eigenvalue weighted by Gasteiger charge is -2.42. The van der Waals surface area contributed by atoms with Gasteiger partial charge in [-0.3, -0.25) is 4.79 Å². The molecule has 1 aromatic heterocycles. The Morgan fingerprint density at radius 1 is 1.12 bits per heavy atom. The van der Waals surface area contributed by atoms with Crippen LogP contribution in [0.2, 0.25) is 18.1 Å². The van der Waals surface area contributed by atoms with Crippen molar-refractivity contribution in [2.75, 3.05) is 0 Å². The molecule has 0 aliphatic rings. The number of thiophene rings is 1. The lowest BCUT2D eigenvalue weighted by atomic mass is 9.91. The van der Waals surface area contributed by atoms with Crippen molar-refractivity contribution in [1.29, 1.82) is 0 Å². The summed E-state index contributed by atoms with van der Waals surface area (Å²) in [7, 11) is -1.59. The van der Waals surface area contributed by atoms with E-state index in [0.29, 0.717) is 0 Å². The molecule has 0 aliphatic heterocycles. The van der Waals surface area contributed by atoms with Crippen LogP contribution in [0.5, 0.6) is 0 Å². The van der Waals surface area contributed by atoms with Crippen LogP contribution in [-0.4, -0.2) is 20.2 Å². The van der Waals surface area contributed by atoms with Gasteiger partial charge in [0.25, 0.3) is 0 Å². The maximum Gasteiger partial charge on any atom is 0.192 e. The van der Waals surface area contributed by atoms with Crippen LogP contribution in [0.25, 0.3) is 5.57 Å². The van der Waals surface area contributed by atoms with Crippen molar-refractivity contribution >= 4 is 31.5 Å². The summed E-state index contributed by atoms with van der Waals surface area (Å²) in [6, 6.07) is 7.58. The van der Waals surface area contributed by atoms with Gasteiger partial charge in [0.15, 0.2) is 14.6 Å². The largest absolute Gasteiger partial charge is 0.411 e. The maximum atomic E-state index is 10.9. The van der Waals surface area contributed by atoms with Crippen molar-refractivity contribution < 1.29 is 9.22 Å². The zero-order chi connectivity index (χ0) is 18.9. The van der Waals surface area contributed by atoms with Gasteiger partial charge in [-0.2, -0.15) is 0 Å². The Hall–Kier alpha value is -0.713. The molecule has 0 N–H and O–H groups in total. The summed E-state index contributed by atoms with van der Waals surface area (Å²) in [6.45, 7) is 13.6. The quantitative estimate of drug-likeness (QED) is 0.280.